The normalized spacial score (nSPS) is 19.5. The topological polar surface area (TPSA) is 66.5 Å². The second-order valence-electron chi connectivity index (χ2n) is 5.78. The molecule has 2 aliphatic rings. The molecule has 1 N–H and O–H groups in total. The minimum atomic E-state index is -3.50. The minimum Gasteiger partial charge on any atom is -0.339 e. The lowest BCUT2D eigenvalue weighted by atomic mass is 10.1. The van der Waals surface area contributed by atoms with E-state index < -0.39 is 10.0 Å². The number of carbonyl (C=O) groups is 1. The second-order valence-corrected chi connectivity index (χ2v) is 7.49. The Morgan fingerprint density at radius 1 is 1.14 bits per heavy atom. The van der Waals surface area contributed by atoms with Crippen molar-refractivity contribution in [3.05, 3.63) is 29.8 Å². The first-order chi connectivity index (χ1) is 10.1. The van der Waals surface area contributed by atoms with E-state index in [0.29, 0.717) is 5.56 Å². The van der Waals surface area contributed by atoms with Crippen molar-refractivity contribution in [3.63, 3.8) is 0 Å². The van der Waals surface area contributed by atoms with Crippen molar-refractivity contribution in [1.82, 2.24) is 9.62 Å². The molecule has 1 aliphatic carbocycles. The molecule has 0 bridgehead atoms. The monoisotopic (exact) mass is 308 g/mol. The third-order valence-corrected chi connectivity index (χ3v) is 5.45. The molecule has 5 nitrogen and oxygen atoms in total. The van der Waals surface area contributed by atoms with Gasteiger partial charge in [-0.25, -0.2) is 13.1 Å². The molecule has 6 heteroatoms. The predicted octanol–water partition coefficient (Wildman–Crippen LogP) is 1.75. The molecule has 114 valence electrons. The van der Waals surface area contributed by atoms with Crippen LogP contribution < -0.4 is 4.72 Å². The summed E-state index contributed by atoms with van der Waals surface area (Å²) in [7, 11) is -3.50. The summed E-state index contributed by atoms with van der Waals surface area (Å²) in [6, 6.07) is 6.42. The minimum absolute atomic E-state index is 0.0662. The maximum atomic E-state index is 12.4. The van der Waals surface area contributed by atoms with Gasteiger partial charge >= 0.3 is 0 Å². The van der Waals surface area contributed by atoms with Gasteiger partial charge < -0.3 is 4.90 Å². The van der Waals surface area contributed by atoms with Crippen molar-refractivity contribution >= 4 is 15.9 Å². The van der Waals surface area contributed by atoms with Gasteiger partial charge in [-0.15, -0.1) is 0 Å². The Balaban J connectivity index is 1.80. The SMILES string of the molecule is O=C(c1cccc(S(=O)(=O)NC2CC2)c1)N1CCCCC1. The van der Waals surface area contributed by atoms with Gasteiger partial charge in [0.15, 0.2) is 0 Å². The standard InChI is InChI=1S/C15H20N2O3S/c18-15(17-9-2-1-3-10-17)12-5-4-6-14(11-12)21(19,20)16-13-7-8-13/h4-6,11,13,16H,1-3,7-10H2. The molecular weight excluding hydrogens is 288 g/mol. The van der Waals surface area contributed by atoms with Crippen LogP contribution in [0.3, 0.4) is 0 Å². The van der Waals surface area contributed by atoms with Crippen molar-refractivity contribution < 1.29 is 13.2 Å². The number of carbonyl (C=O) groups excluding carboxylic acids is 1. The van der Waals surface area contributed by atoms with Crippen LogP contribution in [0.4, 0.5) is 0 Å². The lowest BCUT2D eigenvalue weighted by molar-refractivity contribution is 0.0724. The Labute approximate surface area is 125 Å². The van der Waals surface area contributed by atoms with Crippen LogP contribution in [0.1, 0.15) is 42.5 Å². The van der Waals surface area contributed by atoms with Gasteiger partial charge in [-0.1, -0.05) is 6.07 Å². The molecule has 1 saturated carbocycles. The van der Waals surface area contributed by atoms with Gasteiger partial charge in [-0.2, -0.15) is 0 Å². The van der Waals surface area contributed by atoms with E-state index in [1.807, 2.05) is 4.90 Å². The fourth-order valence-electron chi connectivity index (χ4n) is 2.56. The number of hydrogen-bond donors (Lipinski definition) is 1. The summed E-state index contributed by atoms with van der Waals surface area (Å²) in [6.45, 7) is 1.52. The van der Waals surface area contributed by atoms with Gasteiger partial charge in [0.2, 0.25) is 10.0 Å². The molecule has 1 aromatic carbocycles. The van der Waals surface area contributed by atoms with Gasteiger partial charge in [0.05, 0.1) is 4.90 Å². The fourth-order valence-corrected chi connectivity index (χ4v) is 3.91. The van der Waals surface area contributed by atoms with E-state index in [2.05, 4.69) is 4.72 Å². The summed E-state index contributed by atoms with van der Waals surface area (Å²) < 4.78 is 27.0. The highest BCUT2D eigenvalue weighted by atomic mass is 32.2. The van der Waals surface area contributed by atoms with Crippen molar-refractivity contribution in [3.8, 4) is 0 Å². The second kappa shape index (κ2) is 5.77. The molecule has 0 unspecified atom stereocenters. The maximum Gasteiger partial charge on any atom is 0.253 e. The van der Waals surface area contributed by atoms with Crippen LogP contribution in [0.5, 0.6) is 0 Å². The number of benzene rings is 1. The molecule has 2 fully saturated rings. The number of amides is 1. The van der Waals surface area contributed by atoms with Gasteiger partial charge in [0.25, 0.3) is 5.91 Å². The summed E-state index contributed by atoms with van der Waals surface area (Å²) in [6.07, 6.45) is 4.99. The Bertz CT molecular complexity index is 632. The van der Waals surface area contributed by atoms with Crippen LogP contribution in [-0.4, -0.2) is 38.4 Å². The Morgan fingerprint density at radius 2 is 1.86 bits per heavy atom. The quantitative estimate of drug-likeness (QED) is 0.921. The summed E-state index contributed by atoms with van der Waals surface area (Å²) in [5, 5.41) is 0. The molecule has 1 aromatic rings. The predicted molar refractivity (Wildman–Crippen MR) is 79.5 cm³/mol. The van der Waals surface area contributed by atoms with Crippen LogP contribution in [0.25, 0.3) is 0 Å². The van der Waals surface area contributed by atoms with Gasteiger partial charge in [0, 0.05) is 24.7 Å². The molecule has 0 radical (unpaired) electrons. The fraction of sp³-hybridized carbons (Fsp3) is 0.533. The molecule has 1 aliphatic heterocycles. The maximum absolute atomic E-state index is 12.4. The zero-order valence-electron chi connectivity index (χ0n) is 11.9. The zero-order valence-corrected chi connectivity index (χ0v) is 12.7. The molecule has 0 aromatic heterocycles. The van der Waals surface area contributed by atoms with E-state index in [-0.39, 0.29) is 16.8 Å². The summed E-state index contributed by atoms with van der Waals surface area (Å²) >= 11 is 0. The highest BCUT2D eigenvalue weighted by Gasteiger charge is 2.28. The van der Waals surface area contributed by atoms with E-state index in [4.69, 9.17) is 0 Å². The van der Waals surface area contributed by atoms with Crippen molar-refractivity contribution in [2.24, 2.45) is 0 Å². The number of nitrogens with one attached hydrogen (secondary N) is 1. The average molecular weight is 308 g/mol. The van der Waals surface area contributed by atoms with Gasteiger partial charge in [0.1, 0.15) is 0 Å². The van der Waals surface area contributed by atoms with E-state index in [0.717, 1.165) is 45.2 Å². The number of nitrogens with zero attached hydrogens (tertiary/aromatic N) is 1. The Kier molecular flexibility index (Phi) is 3.99. The van der Waals surface area contributed by atoms with Crippen LogP contribution in [0, 0.1) is 0 Å². The molecule has 1 saturated heterocycles. The number of hydrogen-bond acceptors (Lipinski definition) is 3. The lowest BCUT2D eigenvalue weighted by Gasteiger charge is -2.26. The summed E-state index contributed by atoms with van der Waals surface area (Å²) in [5.74, 6) is -0.0711. The van der Waals surface area contributed by atoms with Crippen LogP contribution >= 0.6 is 0 Å². The molecule has 21 heavy (non-hydrogen) atoms. The number of piperidine rings is 1. The van der Waals surface area contributed by atoms with Crippen molar-refractivity contribution in [2.45, 2.75) is 43.0 Å². The molecule has 0 atom stereocenters. The number of rotatable bonds is 4. The first kappa shape index (κ1) is 14.5. The number of likely N-dealkylation sites (tertiary alicyclic amines) is 1. The average Bonchev–Trinajstić information content (AvgIpc) is 3.31. The van der Waals surface area contributed by atoms with Crippen LogP contribution in [0.15, 0.2) is 29.2 Å². The van der Waals surface area contributed by atoms with Gasteiger partial charge in [-0.3, -0.25) is 4.79 Å². The molecule has 1 amide bonds. The van der Waals surface area contributed by atoms with E-state index in [9.17, 15) is 13.2 Å². The Hall–Kier alpha value is -1.40. The highest BCUT2D eigenvalue weighted by Crippen LogP contribution is 2.23. The molecule has 0 spiro atoms. The number of sulfonamides is 1. The smallest absolute Gasteiger partial charge is 0.253 e. The first-order valence-electron chi connectivity index (χ1n) is 7.48. The first-order valence-corrected chi connectivity index (χ1v) is 8.96. The van der Waals surface area contributed by atoms with E-state index >= 15 is 0 Å². The van der Waals surface area contributed by atoms with Crippen molar-refractivity contribution in [1.29, 1.82) is 0 Å². The third kappa shape index (κ3) is 3.44. The third-order valence-electron chi connectivity index (χ3n) is 3.93. The molecular formula is C15H20N2O3S. The highest BCUT2D eigenvalue weighted by molar-refractivity contribution is 7.89. The summed E-state index contributed by atoms with van der Waals surface area (Å²) in [5.41, 5.74) is 0.454. The van der Waals surface area contributed by atoms with Crippen LogP contribution in [0.2, 0.25) is 0 Å². The molecule has 1 heterocycles. The Morgan fingerprint density at radius 3 is 2.52 bits per heavy atom. The largest absolute Gasteiger partial charge is 0.339 e. The van der Waals surface area contributed by atoms with E-state index in [1.54, 1.807) is 12.1 Å². The van der Waals surface area contributed by atoms with Crippen molar-refractivity contribution in [2.75, 3.05) is 13.1 Å². The lowest BCUT2D eigenvalue weighted by Crippen LogP contribution is -2.35. The van der Waals surface area contributed by atoms with Gasteiger partial charge in [-0.05, 0) is 50.3 Å². The van der Waals surface area contributed by atoms with E-state index in [1.165, 1.54) is 12.1 Å². The summed E-state index contributed by atoms with van der Waals surface area (Å²) in [4.78, 5) is 14.4. The zero-order chi connectivity index (χ0) is 14.9. The van der Waals surface area contributed by atoms with Crippen LogP contribution in [-0.2, 0) is 10.0 Å². The molecule has 3 rings (SSSR count).